The first-order valence-electron chi connectivity index (χ1n) is 6.72. The standard InChI is InChI=1S/C15H22N2O3/c1-9(2)13(15(19)20)17-14(18)11-7-5-6-8-12(11)16-10(3)4/h5-10,13,16H,1-4H3,(H,17,18)(H,19,20). The van der Waals surface area contributed by atoms with Gasteiger partial charge in [-0.05, 0) is 31.9 Å². The van der Waals surface area contributed by atoms with Crippen LogP contribution >= 0.6 is 0 Å². The number of carboxylic acid groups (broad SMARTS) is 1. The minimum absolute atomic E-state index is 0.179. The molecule has 0 saturated heterocycles. The van der Waals surface area contributed by atoms with Crippen LogP contribution in [-0.2, 0) is 4.79 Å². The summed E-state index contributed by atoms with van der Waals surface area (Å²) in [7, 11) is 0. The molecule has 110 valence electrons. The Balaban J connectivity index is 2.94. The van der Waals surface area contributed by atoms with E-state index in [1.807, 2.05) is 19.9 Å². The summed E-state index contributed by atoms with van der Waals surface area (Å²) in [6.45, 7) is 7.47. The van der Waals surface area contributed by atoms with Crippen molar-refractivity contribution in [3.8, 4) is 0 Å². The second-order valence-electron chi connectivity index (χ2n) is 5.38. The average Bonchev–Trinajstić information content (AvgIpc) is 2.34. The van der Waals surface area contributed by atoms with Crippen LogP contribution in [0.1, 0.15) is 38.1 Å². The van der Waals surface area contributed by atoms with E-state index < -0.39 is 12.0 Å². The Morgan fingerprint density at radius 1 is 1.10 bits per heavy atom. The molecule has 20 heavy (non-hydrogen) atoms. The summed E-state index contributed by atoms with van der Waals surface area (Å²) >= 11 is 0. The maximum Gasteiger partial charge on any atom is 0.326 e. The minimum Gasteiger partial charge on any atom is -0.480 e. The third kappa shape index (κ3) is 4.26. The maximum absolute atomic E-state index is 12.3. The lowest BCUT2D eigenvalue weighted by Gasteiger charge is -2.20. The molecule has 1 rings (SSSR count). The molecule has 0 heterocycles. The number of aliphatic carboxylic acids is 1. The first-order chi connectivity index (χ1) is 9.32. The lowest BCUT2D eigenvalue weighted by molar-refractivity contribution is -0.140. The van der Waals surface area contributed by atoms with Crippen LogP contribution in [0.3, 0.4) is 0 Å². The van der Waals surface area contributed by atoms with Gasteiger partial charge in [-0.3, -0.25) is 4.79 Å². The predicted octanol–water partition coefficient (Wildman–Crippen LogP) is 2.35. The van der Waals surface area contributed by atoms with E-state index in [-0.39, 0.29) is 17.9 Å². The number of anilines is 1. The van der Waals surface area contributed by atoms with Crippen molar-refractivity contribution in [1.82, 2.24) is 5.32 Å². The van der Waals surface area contributed by atoms with E-state index in [1.54, 1.807) is 32.0 Å². The van der Waals surface area contributed by atoms with Crippen molar-refractivity contribution >= 4 is 17.6 Å². The Bertz CT molecular complexity index is 484. The van der Waals surface area contributed by atoms with Crippen molar-refractivity contribution in [1.29, 1.82) is 0 Å². The first kappa shape index (κ1) is 16.0. The summed E-state index contributed by atoms with van der Waals surface area (Å²) in [6, 6.07) is 6.36. The molecule has 0 aliphatic heterocycles. The minimum atomic E-state index is -1.03. The van der Waals surface area contributed by atoms with Gasteiger partial charge in [0.15, 0.2) is 0 Å². The van der Waals surface area contributed by atoms with Crippen LogP contribution in [0.15, 0.2) is 24.3 Å². The molecule has 1 atom stereocenters. The number of carboxylic acids is 1. The van der Waals surface area contributed by atoms with Crippen molar-refractivity contribution in [2.24, 2.45) is 5.92 Å². The van der Waals surface area contributed by atoms with Gasteiger partial charge in [0.1, 0.15) is 6.04 Å². The van der Waals surface area contributed by atoms with Gasteiger partial charge in [0, 0.05) is 11.7 Å². The van der Waals surface area contributed by atoms with Crippen LogP contribution < -0.4 is 10.6 Å². The fourth-order valence-electron chi connectivity index (χ4n) is 1.85. The third-order valence-corrected chi connectivity index (χ3v) is 2.84. The summed E-state index contributed by atoms with van der Waals surface area (Å²) < 4.78 is 0. The Kier molecular flexibility index (Phi) is 5.55. The van der Waals surface area contributed by atoms with Crippen LogP contribution in [0.25, 0.3) is 0 Å². The molecule has 1 aromatic rings. The second-order valence-corrected chi connectivity index (χ2v) is 5.38. The maximum atomic E-state index is 12.3. The van der Waals surface area contributed by atoms with E-state index in [0.29, 0.717) is 11.3 Å². The van der Waals surface area contributed by atoms with Crippen molar-refractivity contribution in [2.75, 3.05) is 5.32 Å². The predicted molar refractivity (Wildman–Crippen MR) is 78.9 cm³/mol. The molecule has 0 fully saturated rings. The fourth-order valence-corrected chi connectivity index (χ4v) is 1.85. The molecule has 5 heteroatoms. The molecule has 0 bridgehead atoms. The Hall–Kier alpha value is -2.04. The van der Waals surface area contributed by atoms with Gasteiger partial charge in [0.25, 0.3) is 5.91 Å². The molecule has 1 unspecified atom stereocenters. The normalized spacial score (nSPS) is 12.3. The topological polar surface area (TPSA) is 78.4 Å². The Labute approximate surface area is 119 Å². The summed E-state index contributed by atoms with van der Waals surface area (Å²) in [4.78, 5) is 23.4. The van der Waals surface area contributed by atoms with Gasteiger partial charge < -0.3 is 15.7 Å². The van der Waals surface area contributed by atoms with Crippen molar-refractivity contribution in [3.63, 3.8) is 0 Å². The molecule has 0 spiro atoms. The van der Waals surface area contributed by atoms with Crippen LogP contribution in [0.5, 0.6) is 0 Å². The number of para-hydroxylation sites is 1. The van der Waals surface area contributed by atoms with Gasteiger partial charge in [-0.1, -0.05) is 26.0 Å². The largest absolute Gasteiger partial charge is 0.480 e. The van der Waals surface area contributed by atoms with Gasteiger partial charge in [-0.2, -0.15) is 0 Å². The van der Waals surface area contributed by atoms with Gasteiger partial charge in [0.2, 0.25) is 0 Å². The molecule has 1 amide bonds. The molecule has 3 N–H and O–H groups in total. The highest BCUT2D eigenvalue weighted by atomic mass is 16.4. The fraction of sp³-hybridized carbons (Fsp3) is 0.467. The van der Waals surface area contributed by atoms with E-state index in [1.165, 1.54) is 0 Å². The van der Waals surface area contributed by atoms with Crippen LogP contribution in [0.2, 0.25) is 0 Å². The summed E-state index contributed by atoms with van der Waals surface area (Å²) in [5, 5.41) is 14.9. The number of amides is 1. The van der Waals surface area contributed by atoms with Crippen LogP contribution in [0, 0.1) is 5.92 Å². The summed E-state index contributed by atoms with van der Waals surface area (Å²) in [5.41, 5.74) is 1.15. The summed E-state index contributed by atoms with van der Waals surface area (Å²) in [5.74, 6) is -1.58. The molecule has 0 saturated carbocycles. The number of benzene rings is 1. The number of rotatable bonds is 6. The lowest BCUT2D eigenvalue weighted by Crippen LogP contribution is -2.44. The molecule has 1 aromatic carbocycles. The van der Waals surface area contributed by atoms with E-state index >= 15 is 0 Å². The third-order valence-electron chi connectivity index (χ3n) is 2.84. The van der Waals surface area contributed by atoms with Gasteiger partial charge >= 0.3 is 5.97 Å². The number of carbonyl (C=O) groups is 2. The van der Waals surface area contributed by atoms with E-state index in [9.17, 15) is 9.59 Å². The lowest BCUT2D eigenvalue weighted by atomic mass is 10.0. The number of carbonyl (C=O) groups excluding carboxylic acids is 1. The Morgan fingerprint density at radius 2 is 1.70 bits per heavy atom. The highest BCUT2D eigenvalue weighted by molar-refractivity contribution is 6.01. The quantitative estimate of drug-likeness (QED) is 0.746. The SMILES string of the molecule is CC(C)Nc1ccccc1C(=O)NC(C(=O)O)C(C)C. The zero-order valence-electron chi connectivity index (χ0n) is 12.3. The van der Waals surface area contributed by atoms with Crippen molar-refractivity contribution in [2.45, 2.75) is 39.8 Å². The molecule has 5 nitrogen and oxygen atoms in total. The van der Waals surface area contributed by atoms with Crippen LogP contribution in [0.4, 0.5) is 5.69 Å². The summed E-state index contributed by atoms with van der Waals surface area (Å²) in [6.07, 6.45) is 0. The number of hydrogen-bond donors (Lipinski definition) is 3. The monoisotopic (exact) mass is 278 g/mol. The average molecular weight is 278 g/mol. The molecular weight excluding hydrogens is 256 g/mol. The highest BCUT2D eigenvalue weighted by Gasteiger charge is 2.24. The van der Waals surface area contributed by atoms with Crippen LogP contribution in [-0.4, -0.2) is 29.1 Å². The molecule has 0 radical (unpaired) electrons. The van der Waals surface area contributed by atoms with Gasteiger partial charge in [-0.15, -0.1) is 0 Å². The Morgan fingerprint density at radius 3 is 2.20 bits per heavy atom. The number of nitrogens with one attached hydrogen (secondary N) is 2. The van der Waals surface area contributed by atoms with E-state index in [0.717, 1.165) is 0 Å². The molecule has 0 aliphatic carbocycles. The van der Waals surface area contributed by atoms with Gasteiger partial charge in [0.05, 0.1) is 5.56 Å². The van der Waals surface area contributed by atoms with Crippen molar-refractivity contribution in [3.05, 3.63) is 29.8 Å². The van der Waals surface area contributed by atoms with E-state index in [2.05, 4.69) is 10.6 Å². The zero-order chi connectivity index (χ0) is 15.3. The molecule has 0 aromatic heterocycles. The van der Waals surface area contributed by atoms with Gasteiger partial charge in [-0.25, -0.2) is 4.79 Å². The smallest absolute Gasteiger partial charge is 0.326 e. The number of hydrogen-bond acceptors (Lipinski definition) is 3. The molecular formula is C15H22N2O3. The first-order valence-corrected chi connectivity index (χ1v) is 6.72. The molecule has 0 aliphatic rings. The highest BCUT2D eigenvalue weighted by Crippen LogP contribution is 2.16. The zero-order valence-corrected chi connectivity index (χ0v) is 12.3. The van der Waals surface area contributed by atoms with Crippen molar-refractivity contribution < 1.29 is 14.7 Å². The second kappa shape index (κ2) is 6.93. The van der Waals surface area contributed by atoms with E-state index in [4.69, 9.17) is 5.11 Å².